The topological polar surface area (TPSA) is 119 Å². The molecule has 2 heterocycles. The summed E-state index contributed by atoms with van der Waals surface area (Å²) in [6, 6.07) is 10.9. The molecule has 11 heteroatoms. The number of sulfonamides is 1. The summed E-state index contributed by atoms with van der Waals surface area (Å²) < 4.78 is 47.6. The minimum absolute atomic E-state index is 0.104. The third-order valence-corrected chi connectivity index (χ3v) is 12.6. The molecule has 2 aromatic rings. The van der Waals surface area contributed by atoms with Gasteiger partial charge in [0.1, 0.15) is 23.7 Å². The second-order valence-corrected chi connectivity index (χ2v) is 16.6. The Bertz CT molecular complexity index is 1500. The fraction of sp³-hybridized carbons (Fsp3) is 0.545. The highest BCUT2D eigenvalue weighted by atomic mass is 35.5. The summed E-state index contributed by atoms with van der Waals surface area (Å²) in [7, 11) is -3.99. The number of rotatable bonds is 2. The molecule has 1 saturated carbocycles. The zero-order chi connectivity index (χ0) is 31.6. The van der Waals surface area contributed by atoms with E-state index in [9.17, 15) is 22.9 Å². The summed E-state index contributed by atoms with van der Waals surface area (Å²) in [5, 5.41) is 11.8. The van der Waals surface area contributed by atoms with Gasteiger partial charge in [0.15, 0.2) is 0 Å². The van der Waals surface area contributed by atoms with Crippen LogP contribution in [0, 0.1) is 17.8 Å². The molecule has 0 unspecified atom stereocenters. The molecule has 3 aliphatic rings. The van der Waals surface area contributed by atoms with Gasteiger partial charge in [0.05, 0.1) is 17.2 Å². The van der Waals surface area contributed by atoms with Crippen molar-refractivity contribution in [1.29, 1.82) is 0 Å². The minimum atomic E-state index is -3.99. The lowest BCUT2D eigenvalue weighted by atomic mass is 9.64. The van der Waals surface area contributed by atoms with Crippen LogP contribution in [0.4, 0.5) is 5.69 Å². The van der Waals surface area contributed by atoms with Crippen LogP contribution in [0.5, 0.6) is 5.75 Å². The summed E-state index contributed by atoms with van der Waals surface area (Å²) in [4.78, 5) is 15.6. The normalized spacial score (nSPS) is 30.7. The minimum Gasteiger partial charge on any atom is -0.616 e. The number of nitrogens with one attached hydrogen (secondary N) is 1. The molecule has 44 heavy (non-hydrogen) atoms. The summed E-state index contributed by atoms with van der Waals surface area (Å²) in [5.74, 6) is -0.266. The molecule has 0 saturated heterocycles. The van der Waals surface area contributed by atoms with E-state index in [1.54, 1.807) is 37.5 Å². The maximum atomic E-state index is 13.4. The largest absolute Gasteiger partial charge is 0.616 e. The molecular formula is C33H43ClN2O6S2. The van der Waals surface area contributed by atoms with E-state index in [-0.39, 0.29) is 29.1 Å². The first-order valence-electron chi connectivity index (χ1n) is 15.4. The Morgan fingerprint density at radius 2 is 1.95 bits per heavy atom. The number of carbonyl (C=O) groups is 1. The Morgan fingerprint density at radius 1 is 1.16 bits per heavy atom. The average Bonchev–Trinajstić information content (AvgIpc) is 2.96. The van der Waals surface area contributed by atoms with Gasteiger partial charge in [0.2, 0.25) is 10.0 Å². The molecule has 1 fully saturated rings. The van der Waals surface area contributed by atoms with E-state index >= 15 is 0 Å². The molecule has 2 aromatic carbocycles. The first-order chi connectivity index (χ1) is 20.9. The highest BCUT2D eigenvalue weighted by Gasteiger charge is 2.48. The maximum Gasteiger partial charge on any atom is 0.264 e. The Balaban J connectivity index is 1.57. The van der Waals surface area contributed by atoms with Gasteiger partial charge in [0, 0.05) is 29.6 Å². The number of benzene rings is 2. The maximum absolute atomic E-state index is 13.4. The van der Waals surface area contributed by atoms with Crippen LogP contribution < -0.4 is 14.4 Å². The van der Waals surface area contributed by atoms with Gasteiger partial charge in [-0.3, -0.25) is 4.79 Å². The first kappa shape index (κ1) is 33.1. The number of hydrogen-bond acceptors (Lipinski definition) is 7. The van der Waals surface area contributed by atoms with Gasteiger partial charge in [-0.1, -0.05) is 47.9 Å². The molecule has 0 aromatic heterocycles. The van der Waals surface area contributed by atoms with E-state index in [2.05, 4.69) is 9.62 Å². The van der Waals surface area contributed by atoms with Crippen LogP contribution in [0.15, 0.2) is 48.6 Å². The number of aliphatic hydroxyl groups is 1. The van der Waals surface area contributed by atoms with Gasteiger partial charge >= 0.3 is 0 Å². The molecule has 2 N–H and O–H groups in total. The summed E-state index contributed by atoms with van der Waals surface area (Å²) >= 11 is 5.08. The summed E-state index contributed by atoms with van der Waals surface area (Å²) in [6.45, 7) is 5.01. The Hall–Kier alpha value is -2.24. The molecular weight excluding hydrogens is 620 g/mol. The first-order valence-corrected chi connectivity index (χ1v) is 19.1. The van der Waals surface area contributed by atoms with E-state index < -0.39 is 38.0 Å². The van der Waals surface area contributed by atoms with E-state index in [1.165, 1.54) is 0 Å². The van der Waals surface area contributed by atoms with Crippen LogP contribution in [0.1, 0.15) is 67.4 Å². The van der Waals surface area contributed by atoms with Crippen molar-refractivity contribution in [2.24, 2.45) is 17.8 Å². The van der Waals surface area contributed by atoms with Crippen LogP contribution in [-0.2, 0) is 34.2 Å². The smallest absolute Gasteiger partial charge is 0.264 e. The standard InChI is InChI=1S/C33H43ClN2O6S2/c1-22-7-6-15-33(38,21-43(3)39)29-13-10-26(29)19-36-16-5-4-8-24-17-28(34)12-9-27(24)20-42-31-14-11-25(18-30(31)36)32(37)35-44(40,41)23(22)2/h6,9,11-12,14-15,17-18,22-23,26,29,38H,4-5,7-8,10,13,16,19-21H2,1-3H3,(H,35,37)/b15-6+/t22-,23+,26-,29+,33+,43-/m0/s1. The predicted octanol–water partition coefficient (Wildman–Crippen LogP) is 5.24. The molecule has 8 nitrogen and oxygen atoms in total. The summed E-state index contributed by atoms with van der Waals surface area (Å²) in [6.07, 6.45) is 9.92. The number of hydrogen-bond donors (Lipinski definition) is 2. The van der Waals surface area contributed by atoms with Crippen molar-refractivity contribution in [1.82, 2.24) is 4.72 Å². The number of amides is 1. The number of fused-ring (bicyclic) bond motifs is 3. The predicted molar refractivity (Wildman–Crippen MR) is 176 cm³/mol. The number of nitrogens with zero attached hydrogens (tertiary/aromatic N) is 1. The molecule has 0 spiro atoms. The SMILES string of the molecule is C[C@@H]1[C@@H](C)C/C=C/[C@@](O)(C[S@+](C)[O-])[C@@H]2CC[C@H]2CN2CCCCc3cc(Cl)ccc3COc3ccc(cc32)C(=O)NS1(=O)=O. The van der Waals surface area contributed by atoms with Crippen molar-refractivity contribution >= 4 is 44.4 Å². The number of ether oxygens (including phenoxy) is 1. The Labute approximate surface area is 269 Å². The molecule has 2 bridgehead atoms. The zero-order valence-corrected chi connectivity index (χ0v) is 28.0. The van der Waals surface area contributed by atoms with Crippen molar-refractivity contribution in [3.05, 3.63) is 70.3 Å². The van der Waals surface area contributed by atoms with E-state index in [4.69, 9.17) is 16.3 Å². The van der Waals surface area contributed by atoms with Gasteiger partial charge in [-0.25, -0.2) is 13.1 Å². The van der Waals surface area contributed by atoms with Crippen LogP contribution in [0.3, 0.4) is 0 Å². The second kappa shape index (κ2) is 13.6. The van der Waals surface area contributed by atoms with Gasteiger partial charge in [-0.05, 0) is 98.7 Å². The van der Waals surface area contributed by atoms with Gasteiger partial charge in [-0.2, -0.15) is 0 Å². The number of halogens is 1. The molecule has 6 atom stereocenters. The number of carbonyl (C=O) groups excluding carboxylic acids is 1. The van der Waals surface area contributed by atoms with E-state index in [1.807, 2.05) is 31.2 Å². The molecule has 2 aliphatic heterocycles. The van der Waals surface area contributed by atoms with E-state index in [0.29, 0.717) is 42.6 Å². The Kier molecular flexibility index (Phi) is 10.3. The fourth-order valence-electron chi connectivity index (χ4n) is 6.68. The van der Waals surface area contributed by atoms with E-state index in [0.717, 1.165) is 43.2 Å². The van der Waals surface area contributed by atoms with Gasteiger partial charge in [0.25, 0.3) is 5.91 Å². The highest BCUT2D eigenvalue weighted by molar-refractivity contribution is 7.91. The third-order valence-electron chi connectivity index (χ3n) is 9.63. The third kappa shape index (κ3) is 7.41. The van der Waals surface area contributed by atoms with Crippen LogP contribution in [-0.4, -0.2) is 59.9 Å². The molecule has 1 amide bonds. The molecule has 1 aliphatic carbocycles. The fourth-order valence-corrected chi connectivity index (χ4v) is 9.12. The van der Waals surface area contributed by atoms with Crippen LogP contribution >= 0.6 is 11.6 Å². The number of allylic oxidation sites excluding steroid dienone is 1. The Morgan fingerprint density at radius 3 is 2.68 bits per heavy atom. The second-order valence-electron chi connectivity index (χ2n) is 12.7. The highest BCUT2D eigenvalue weighted by Crippen LogP contribution is 2.45. The number of aryl methyl sites for hydroxylation is 1. The lowest BCUT2D eigenvalue weighted by Gasteiger charge is -2.47. The number of anilines is 1. The van der Waals surface area contributed by atoms with Crippen molar-refractivity contribution in [2.45, 2.75) is 69.8 Å². The average molecular weight is 663 g/mol. The molecule has 0 radical (unpaired) electrons. The van der Waals surface area contributed by atoms with Crippen molar-refractivity contribution in [3.8, 4) is 5.75 Å². The lowest BCUT2D eigenvalue weighted by Crippen LogP contribution is -2.53. The lowest BCUT2D eigenvalue weighted by molar-refractivity contribution is -0.0287. The van der Waals surface area contributed by atoms with Gasteiger partial charge in [-0.15, -0.1) is 0 Å². The molecule has 240 valence electrons. The van der Waals surface area contributed by atoms with Gasteiger partial charge < -0.3 is 19.3 Å². The quantitative estimate of drug-likeness (QED) is 0.333. The van der Waals surface area contributed by atoms with Crippen molar-refractivity contribution in [3.63, 3.8) is 0 Å². The molecule has 5 rings (SSSR count). The van der Waals surface area contributed by atoms with Crippen LogP contribution in [0.25, 0.3) is 0 Å². The van der Waals surface area contributed by atoms with Crippen molar-refractivity contribution < 1.29 is 27.6 Å². The van der Waals surface area contributed by atoms with Crippen molar-refractivity contribution in [2.75, 3.05) is 30.0 Å². The van der Waals surface area contributed by atoms with Crippen LogP contribution in [0.2, 0.25) is 5.02 Å². The monoisotopic (exact) mass is 662 g/mol. The summed E-state index contributed by atoms with van der Waals surface area (Å²) in [5.41, 5.74) is 1.86. The zero-order valence-electron chi connectivity index (χ0n) is 25.6.